The maximum atomic E-state index is 8.47. The van der Waals surface area contributed by atoms with Gasteiger partial charge in [-0.3, -0.25) is 0 Å². The number of aliphatic hydroxyl groups excluding tert-OH is 1. The third-order valence-corrected chi connectivity index (χ3v) is 2.14. The summed E-state index contributed by atoms with van der Waals surface area (Å²) in [6.45, 7) is 5.42. The van der Waals surface area contributed by atoms with Crippen molar-refractivity contribution >= 4 is 0 Å². The molecule has 1 unspecified atom stereocenters. The summed E-state index contributed by atoms with van der Waals surface area (Å²) in [5, 5.41) is 8.47. The standard InChI is InChI=1S/C8H19N.C4H11NO/c1-2-3-4-5-6-7-8-9;1-4(6)2-3-5/h2-9H2,1H3;4,6H,2-3,5H2,1H3. The predicted molar refractivity (Wildman–Crippen MR) is 67.8 cm³/mol. The Morgan fingerprint density at radius 3 is 1.80 bits per heavy atom. The highest BCUT2D eigenvalue weighted by atomic mass is 16.3. The second-order valence-electron chi connectivity index (χ2n) is 3.98. The van der Waals surface area contributed by atoms with Crippen LogP contribution in [0, 0.1) is 0 Å². The van der Waals surface area contributed by atoms with Gasteiger partial charge in [0.15, 0.2) is 0 Å². The minimum absolute atomic E-state index is 0.227. The molecule has 0 heterocycles. The first-order valence-corrected chi connectivity index (χ1v) is 6.27. The monoisotopic (exact) mass is 218 g/mol. The molecule has 0 aliphatic rings. The molecule has 0 aromatic heterocycles. The Balaban J connectivity index is 0. The lowest BCUT2D eigenvalue weighted by atomic mass is 10.1. The number of nitrogens with two attached hydrogens (primary N) is 2. The number of unbranched alkanes of at least 4 members (excludes halogenated alkanes) is 5. The molecule has 0 radical (unpaired) electrons. The van der Waals surface area contributed by atoms with E-state index in [9.17, 15) is 0 Å². The molecule has 0 rings (SSSR count). The normalized spacial score (nSPS) is 11.8. The zero-order valence-electron chi connectivity index (χ0n) is 10.5. The van der Waals surface area contributed by atoms with Gasteiger partial charge in [-0.15, -0.1) is 0 Å². The van der Waals surface area contributed by atoms with Crippen LogP contribution in [-0.2, 0) is 0 Å². The Morgan fingerprint density at radius 1 is 0.933 bits per heavy atom. The second kappa shape index (κ2) is 16.3. The molecule has 0 fully saturated rings. The largest absolute Gasteiger partial charge is 0.393 e. The molecule has 1 atom stereocenters. The van der Waals surface area contributed by atoms with Gasteiger partial charge in [-0.1, -0.05) is 39.0 Å². The van der Waals surface area contributed by atoms with Gasteiger partial charge in [0, 0.05) is 0 Å². The third kappa shape index (κ3) is 24.8. The third-order valence-electron chi connectivity index (χ3n) is 2.14. The van der Waals surface area contributed by atoms with Crippen molar-refractivity contribution in [2.24, 2.45) is 11.5 Å². The molecule has 0 saturated heterocycles. The van der Waals surface area contributed by atoms with Crippen LogP contribution in [0.5, 0.6) is 0 Å². The fourth-order valence-electron chi connectivity index (χ4n) is 1.17. The van der Waals surface area contributed by atoms with E-state index < -0.39 is 0 Å². The summed E-state index contributed by atoms with van der Waals surface area (Å²) in [7, 11) is 0. The zero-order chi connectivity index (χ0) is 11.9. The molecule has 3 heteroatoms. The summed E-state index contributed by atoms with van der Waals surface area (Å²) < 4.78 is 0. The summed E-state index contributed by atoms with van der Waals surface area (Å²) in [5.74, 6) is 0. The van der Waals surface area contributed by atoms with Crippen LogP contribution in [0.1, 0.15) is 58.8 Å². The van der Waals surface area contributed by atoms with E-state index in [1.54, 1.807) is 6.92 Å². The summed E-state index contributed by atoms with van der Waals surface area (Å²) in [6.07, 6.45) is 8.53. The van der Waals surface area contributed by atoms with Crippen LogP contribution in [0.3, 0.4) is 0 Å². The van der Waals surface area contributed by atoms with Gasteiger partial charge in [0.05, 0.1) is 6.10 Å². The predicted octanol–water partition coefficient (Wildman–Crippen LogP) is 2.02. The molecule has 0 saturated carbocycles. The molecular formula is C12H30N2O. The van der Waals surface area contributed by atoms with Crippen molar-refractivity contribution < 1.29 is 5.11 Å². The van der Waals surface area contributed by atoms with Crippen LogP contribution in [0.4, 0.5) is 0 Å². The van der Waals surface area contributed by atoms with Crippen molar-refractivity contribution in [2.75, 3.05) is 13.1 Å². The minimum Gasteiger partial charge on any atom is -0.393 e. The van der Waals surface area contributed by atoms with E-state index in [0.717, 1.165) is 6.54 Å². The highest BCUT2D eigenvalue weighted by Gasteiger charge is 1.87. The van der Waals surface area contributed by atoms with Gasteiger partial charge in [-0.05, 0) is 32.9 Å². The summed E-state index contributed by atoms with van der Waals surface area (Å²) in [4.78, 5) is 0. The smallest absolute Gasteiger partial charge is 0.0524 e. The van der Waals surface area contributed by atoms with Crippen molar-refractivity contribution in [1.29, 1.82) is 0 Å². The van der Waals surface area contributed by atoms with Crippen LogP contribution in [0.2, 0.25) is 0 Å². The molecule has 5 N–H and O–H groups in total. The molecule has 0 spiro atoms. The first-order valence-electron chi connectivity index (χ1n) is 6.27. The Labute approximate surface area is 95.2 Å². The van der Waals surface area contributed by atoms with Crippen molar-refractivity contribution in [3.63, 3.8) is 0 Å². The van der Waals surface area contributed by atoms with Gasteiger partial charge in [-0.2, -0.15) is 0 Å². The van der Waals surface area contributed by atoms with E-state index in [-0.39, 0.29) is 6.10 Å². The summed E-state index contributed by atoms with van der Waals surface area (Å²) in [6, 6.07) is 0. The molecule has 94 valence electrons. The van der Waals surface area contributed by atoms with Crippen LogP contribution in [0.15, 0.2) is 0 Å². The first kappa shape index (κ1) is 17.3. The van der Waals surface area contributed by atoms with Gasteiger partial charge in [0.1, 0.15) is 0 Å². The van der Waals surface area contributed by atoms with Crippen LogP contribution in [0.25, 0.3) is 0 Å². The number of aliphatic hydroxyl groups is 1. The second-order valence-corrected chi connectivity index (χ2v) is 3.98. The lowest BCUT2D eigenvalue weighted by Gasteiger charge is -1.96. The van der Waals surface area contributed by atoms with Gasteiger partial charge >= 0.3 is 0 Å². The van der Waals surface area contributed by atoms with E-state index in [1.807, 2.05) is 0 Å². The summed E-state index contributed by atoms with van der Waals surface area (Å²) in [5.41, 5.74) is 10.4. The van der Waals surface area contributed by atoms with Gasteiger partial charge < -0.3 is 16.6 Å². The molecule has 0 bridgehead atoms. The highest BCUT2D eigenvalue weighted by molar-refractivity contribution is 4.44. The molecular weight excluding hydrogens is 188 g/mol. The Kier molecular flexibility index (Phi) is 18.8. The number of hydrogen-bond acceptors (Lipinski definition) is 3. The van der Waals surface area contributed by atoms with E-state index in [2.05, 4.69) is 6.92 Å². The Morgan fingerprint density at radius 2 is 1.47 bits per heavy atom. The molecule has 3 nitrogen and oxygen atoms in total. The van der Waals surface area contributed by atoms with Crippen molar-refractivity contribution in [3.05, 3.63) is 0 Å². The zero-order valence-corrected chi connectivity index (χ0v) is 10.5. The van der Waals surface area contributed by atoms with Crippen molar-refractivity contribution in [2.45, 2.75) is 64.9 Å². The molecule has 0 aliphatic carbocycles. The fraction of sp³-hybridized carbons (Fsp3) is 1.00. The van der Waals surface area contributed by atoms with Gasteiger partial charge in [0.2, 0.25) is 0 Å². The van der Waals surface area contributed by atoms with E-state index in [0.29, 0.717) is 13.0 Å². The van der Waals surface area contributed by atoms with Gasteiger partial charge in [0.25, 0.3) is 0 Å². The van der Waals surface area contributed by atoms with Crippen LogP contribution >= 0.6 is 0 Å². The number of rotatable bonds is 8. The van der Waals surface area contributed by atoms with Crippen LogP contribution < -0.4 is 11.5 Å². The lowest BCUT2D eigenvalue weighted by Crippen LogP contribution is -2.08. The van der Waals surface area contributed by atoms with E-state index in [1.165, 1.54) is 38.5 Å². The topological polar surface area (TPSA) is 72.3 Å². The number of hydrogen-bond donors (Lipinski definition) is 3. The maximum absolute atomic E-state index is 8.47. The average molecular weight is 218 g/mol. The van der Waals surface area contributed by atoms with E-state index in [4.69, 9.17) is 16.6 Å². The fourth-order valence-corrected chi connectivity index (χ4v) is 1.17. The highest BCUT2D eigenvalue weighted by Crippen LogP contribution is 2.03. The Bertz CT molecular complexity index is 91.6. The first-order chi connectivity index (χ1) is 7.18. The molecule has 15 heavy (non-hydrogen) atoms. The molecule has 0 aromatic rings. The molecule has 0 aromatic carbocycles. The van der Waals surface area contributed by atoms with Crippen LogP contribution in [-0.4, -0.2) is 24.3 Å². The summed E-state index contributed by atoms with van der Waals surface area (Å²) >= 11 is 0. The van der Waals surface area contributed by atoms with Crippen molar-refractivity contribution in [1.82, 2.24) is 0 Å². The molecule has 0 aliphatic heterocycles. The van der Waals surface area contributed by atoms with Gasteiger partial charge in [-0.25, -0.2) is 0 Å². The average Bonchev–Trinajstić information content (AvgIpc) is 2.18. The van der Waals surface area contributed by atoms with E-state index >= 15 is 0 Å². The SMILES string of the molecule is CC(O)CCN.CCCCCCCCN. The maximum Gasteiger partial charge on any atom is 0.0524 e. The lowest BCUT2D eigenvalue weighted by molar-refractivity contribution is 0.187. The molecule has 0 amide bonds. The van der Waals surface area contributed by atoms with Crippen molar-refractivity contribution in [3.8, 4) is 0 Å². The minimum atomic E-state index is -0.227. The quantitative estimate of drug-likeness (QED) is 0.546. The Hall–Kier alpha value is -0.120.